The average Bonchev–Trinajstić information content (AvgIpc) is 2.86. The Morgan fingerprint density at radius 2 is 0.853 bits per heavy atom. The summed E-state index contributed by atoms with van der Waals surface area (Å²) in [6, 6.07) is 22.0. The Kier molecular flexibility index (Phi) is 16.6. The van der Waals surface area contributed by atoms with Gasteiger partial charge in [-0.3, -0.25) is 0 Å². The molecule has 0 radical (unpaired) electrons. The number of benzene rings is 2. The third kappa shape index (κ3) is 15.3. The molecule has 0 aromatic heterocycles. The summed E-state index contributed by atoms with van der Waals surface area (Å²) in [5, 5.41) is 0. The lowest BCUT2D eigenvalue weighted by atomic mass is 10.0. The van der Waals surface area contributed by atoms with Gasteiger partial charge in [0, 0.05) is 13.1 Å². The summed E-state index contributed by atoms with van der Waals surface area (Å²) in [5.74, 6) is 0.881. The minimum atomic E-state index is 0.881. The van der Waals surface area contributed by atoms with Gasteiger partial charge in [0.25, 0.3) is 0 Å². The quantitative estimate of drug-likeness (QED) is 0.167. The maximum absolute atomic E-state index is 2.70. The van der Waals surface area contributed by atoms with Gasteiger partial charge in [0.05, 0.1) is 0 Å². The van der Waals surface area contributed by atoms with E-state index in [4.69, 9.17) is 0 Å². The van der Waals surface area contributed by atoms with Gasteiger partial charge in [-0.2, -0.15) is 0 Å². The predicted octanol–water partition coefficient (Wildman–Crippen LogP) is 9.50. The van der Waals surface area contributed by atoms with Crippen molar-refractivity contribution in [2.45, 2.75) is 110 Å². The first-order valence-corrected chi connectivity index (χ1v) is 14.5. The molecule has 1 nitrogen and oxygen atoms in total. The van der Waals surface area contributed by atoms with Gasteiger partial charge in [0.15, 0.2) is 0 Å². The largest absolute Gasteiger partial charge is 0.303 e. The minimum absolute atomic E-state index is 0.881. The van der Waals surface area contributed by atoms with Gasteiger partial charge in [0.2, 0.25) is 0 Å². The van der Waals surface area contributed by atoms with Gasteiger partial charge in [-0.15, -0.1) is 0 Å². The molecule has 0 heterocycles. The lowest BCUT2D eigenvalue weighted by molar-refractivity contribution is 0.273. The summed E-state index contributed by atoms with van der Waals surface area (Å²) in [5.41, 5.74) is 2.92. The zero-order chi connectivity index (χ0) is 24.1. The minimum Gasteiger partial charge on any atom is -0.303 e. The Hall–Kier alpha value is -1.60. The van der Waals surface area contributed by atoms with E-state index >= 15 is 0 Å². The van der Waals surface area contributed by atoms with E-state index in [0.717, 1.165) is 18.8 Å². The first kappa shape index (κ1) is 28.6. The lowest BCUT2D eigenvalue weighted by Gasteiger charge is -2.22. The second-order valence-corrected chi connectivity index (χ2v) is 10.7. The highest BCUT2D eigenvalue weighted by atomic mass is 15.1. The normalized spacial score (nSPS) is 11.5. The van der Waals surface area contributed by atoms with Crippen molar-refractivity contribution < 1.29 is 0 Å². The molecule has 2 aromatic rings. The molecule has 0 bridgehead atoms. The summed E-state index contributed by atoms with van der Waals surface area (Å²) in [6.45, 7) is 8.28. The predicted molar refractivity (Wildman–Crippen MR) is 152 cm³/mol. The van der Waals surface area contributed by atoms with E-state index in [2.05, 4.69) is 79.4 Å². The molecule has 34 heavy (non-hydrogen) atoms. The van der Waals surface area contributed by atoms with Crippen molar-refractivity contribution in [3.05, 3.63) is 71.8 Å². The maximum atomic E-state index is 2.70. The topological polar surface area (TPSA) is 3.24 Å². The number of rotatable bonds is 21. The summed E-state index contributed by atoms with van der Waals surface area (Å²) in [4.78, 5) is 2.70. The van der Waals surface area contributed by atoms with Crippen LogP contribution >= 0.6 is 0 Å². The number of hydrogen-bond donors (Lipinski definition) is 0. The van der Waals surface area contributed by atoms with E-state index in [-0.39, 0.29) is 0 Å². The molecule has 0 aliphatic rings. The second-order valence-electron chi connectivity index (χ2n) is 10.7. The summed E-state index contributed by atoms with van der Waals surface area (Å²) in [7, 11) is 0. The molecule has 0 aliphatic heterocycles. The molecular formula is C33H53N. The molecule has 2 aromatic carbocycles. The smallest absolute Gasteiger partial charge is 0.00219 e. The van der Waals surface area contributed by atoms with Crippen molar-refractivity contribution in [2.75, 3.05) is 19.6 Å². The standard InChI is InChI=1S/C33H53N/c1-31(2)21-15-11-9-7-5-3-4-6-8-10-12-20-28-34(29-26-32-22-16-13-17-23-32)30-27-33-24-18-14-19-25-33/h13-14,16-19,22-25,31H,3-12,15,20-21,26-30H2,1-2H3. The Morgan fingerprint density at radius 3 is 1.26 bits per heavy atom. The molecule has 190 valence electrons. The van der Waals surface area contributed by atoms with Crippen LogP contribution in [0.4, 0.5) is 0 Å². The number of nitrogens with zero attached hydrogens (tertiary/aromatic N) is 1. The van der Waals surface area contributed by atoms with Gasteiger partial charge >= 0.3 is 0 Å². The molecule has 0 spiro atoms. The number of hydrogen-bond acceptors (Lipinski definition) is 1. The average molecular weight is 464 g/mol. The van der Waals surface area contributed by atoms with Crippen LogP contribution in [0.2, 0.25) is 0 Å². The molecule has 0 atom stereocenters. The Balaban J connectivity index is 1.50. The Morgan fingerprint density at radius 1 is 0.471 bits per heavy atom. The van der Waals surface area contributed by atoms with Crippen LogP contribution in [0.1, 0.15) is 108 Å². The van der Waals surface area contributed by atoms with Gasteiger partial charge in [-0.05, 0) is 42.9 Å². The molecule has 0 fully saturated rings. The number of unbranched alkanes of at least 4 members (excludes halogenated alkanes) is 11. The van der Waals surface area contributed by atoms with Crippen molar-refractivity contribution in [1.29, 1.82) is 0 Å². The van der Waals surface area contributed by atoms with Gasteiger partial charge < -0.3 is 4.90 Å². The van der Waals surface area contributed by atoms with E-state index in [1.54, 1.807) is 0 Å². The molecule has 2 rings (SSSR count). The van der Waals surface area contributed by atoms with E-state index in [1.165, 1.54) is 114 Å². The fraction of sp³-hybridized carbons (Fsp3) is 0.636. The van der Waals surface area contributed by atoms with E-state index in [0.29, 0.717) is 0 Å². The molecule has 0 saturated heterocycles. The lowest BCUT2D eigenvalue weighted by Crippen LogP contribution is -2.29. The fourth-order valence-corrected chi connectivity index (χ4v) is 4.85. The highest BCUT2D eigenvalue weighted by molar-refractivity contribution is 5.16. The monoisotopic (exact) mass is 463 g/mol. The van der Waals surface area contributed by atoms with Crippen molar-refractivity contribution in [1.82, 2.24) is 4.90 Å². The Labute approximate surface area is 212 Å². The molecular weight excluding hydrogens is 410 g/mol. The summed E-state index contributed by atoms with van der Waals surface area (Å²) < 4.78 is 0. The highest BCUT2D eigenvalue weighted by Gasteiger charge is 2.06. The SMILES string of the molecule is CC(C)CCCCCCCCCCCCCCN(CCc1ccccc1)CCc1ccccc1. The van der Waals surface area contributed by atoms with Crippen molar-refractivity contribution in [3.63, 3.8) is 0 Å². The molecule has 0 amide bonds. The van der Waals surface area contributed by atoms with Crippen LogP contribution in [0.3, 0.4) is 0 Å². The van der Waals surface area contributed by atoms with Crippen molar-refractivity contribution in [2.24, 2.45) is 5.92 Å². The molecule has 0 unspecified atom stereocenters. The van der Waals surface area contributed by atoms with Crippen molar-refractivity contribution in [3.8, 4) is 0 Å². The first-order chi connectivity index (χ1) is 16.7. The maximum Gasteiger partial charge on any atom is 0.00219 e. The molecule has 0 aliphatic carbocycles. The first-order valence-electron chi connectivity index (χ1n) is 14.5. The fourth-order valence-electron chi connectivity index (χ4n) is 4.85. The van der Waals surface area contributed by atoms with Crippen LogP contribution in [0, 0.1) is 5.92 Å². The van der Waals surface area contributed by atoms with Crippen LogP contribution in [0.5, 0.6) is 0 Å². The summed E-state index contributed by atoms with van der Waals surface area (Å²) >= 11 is 0. The van der Waals surface area contributed by atoms with E-state index in [1.807, 2.05) is 0 Å². The van der Waals surface area contributed by atoms with Crippen LogP contribution in [-0.4, -0.2) is 24.5 Å². The molecule has 0 saturated carbocycles. The molecule has 1 heteroatoms. The van der Waals surface area contributed by atoms with Crippen molar-refractivity contribution >= 4 is 0 Å². The van der Waals surface area contributed by atoms with E-state index in [9.17, 15) is 0 Å². The third-order valence-corrected chi connectivity index (χ3v) is 7.12. The van der Waals surface area contributed by atoms with Crippen LogP contribution in [0.15, 0.2) is 60.7 Å². The highest BCUT2D eigenvalue weighted by Crippen LogP contribution is 2.14. The van der Waals surface area contributed by atoms with E-state index < -0.39 is 0 Å². The zero-order valence-electron chi connectivity index (χ0n) is 22.5. The van der Waals surface area contributed by atoms with Gasteiger partial charge in [0.1, 0.15) is 0 Å². The van der Waals surface area contributed by atoms with Crippen LogP contribution in [0.25, 0.3) is 0 Å². The van der Waals surface area contributed by atoms with Gasteiger partial charge in [-0.1, -0.05) is 152 Å². The summed E-state index contributed by atoms with van der Waals surface area (Å²) in [6.07, 6.45) is 20.9. The van der Waals surface area contributed by atoms with Crippen LogP contribution < -0.4 is 0 Å². The second kappa shape index (κ2) is 19.7. The molecule has 0 N–H and O–H groups in total. The Bertz CT molecular complexity index is 635. The third-order valence-electron chi connectivity index (χ3n) is 7.12. The van der Waals surface area contributed by atoms with Crippen LogP contribution in [-0.2, 0) is 12.8 Å². The van der Waals surface area contributed by atoms with Gasteiger partial charge in [-0.25, -0.2) is 0 Å². The zero-order valence-corrected chi connectivity index (χ0v) is 22.5.